The molecule has 1 fully saturated rings. The monoisotopic (exact) mass is 501 g/mol. The highest BCUT2D eigenvalue weighted by Gasteiger charge is 2.23. The number of aromatic nitrogens is 3. The van der Waals surface area contributed by atoms with Gasteiger partial charge in [0.25, 0.3) is 0 Å². The molecule has 1 aliphatic rings. The standard InChI is InChI=1S/C26H31N9O2/c1-3-22(17-36)32-26(37)34-8-6-33(7-9-34)24-5-4-18(14-30-24)23-10-19(20(11-27)13-29-2)16-35-25(23)21(12-28)15-31-35/h4-5,10-11,13-16,22,27,29,36H,3,6-9,17H2,1-2H3,(H,32,37)/b20-13+,27-11?. The first kappa shape index (κ1) is 25.7. The number of nitrogens with one attached hydrogen (secondary N) is 3. The van der Waals surface area contributed by atoms with Gasteiger partial charge in [-0.3, -0.25) is 0 Å². The largest absolute Gasteiger partial charge is 0.394 e. The number of nitriles is 1. The van der Waals surface area contributed by atoms with Crippen LogP contribution in [0.2, 0.25) is 0 Å². The minimum absolute atomic E-state index is 0.0721. The molecule has 0 spiro atoms. The van der Waals surface area contributed by atoms with Crippen LogP contribution in [0.25, 0.3) is 22.2 Å². The summed E-state index contributed by atoms with van der Waals surface area (Å²) in [5.74, 6) is 0.807. The summed E-state index contributed by atoms with van der Waals surface area (Å²) in [6, 6.07) is 7.67. The van der Waals surface area contributed by atoms with Crippen LogP contribution in [0.3, 0.4) is 0 Å². The minimum atomic E-state index is -0.231. The van der Waals surface area contributed by atoms with Crippen LogP contribution in [0, 0.1) is 16.7 Å². The minimum Gasteiger partial charge on any atom is -0.394 e. The predicted molar refractivity (Wildman–Crippen MR) is 142 cm³/mol. The summed E-state index contributed by atoms with van der Waals surface area (Å²) in [5.41, 5.74) is 4.22. The van der Waals surface area contributed by atoms with Gasteiger partial charge in [-0.15, -0.1) is 0 Å². The van der Waals surface area contributed by atoms with Gasteiger partial charge in [0.2, 0.25) is 0 Å². The SMILES string of the molecule is CCC(CO)NC(=O)N1CCN(c2ccc(-c3cc(/C(C=N)=C/NC)cn4ncc(C#N)c34)cn2)CC1. The first-order valence-electron chi connectivity index (χ1n) is 12.2. The molecule has 2 amide bonds. The van der Waals surface area contributed by atoms with Gasteiger partial charge in [-0.2, -0.15) is 10.4 Å². The fourth-order valence-electron chi connectivity index (χ4n) is 4.36. The molecule has 1 aliphatic heterocycles. The molecule has 192 valence electrons. The van der Waals surface area contributed by atoms with Crippen molar-refractivity contribution in [2.24, 2.45) is 0 Å². The van der Waals surface area contributed by atoms with Gasteiger partial charge in [-0.05, 0) is 24.6 Å². The van der Waals surface area contributed by atoms with E-state index in [9.17, 15) is 15.2 Å². The summed E-state index contributed by atoms with van der Waals surface area (Å²) < 4.78 is 1.66. The quantitative estimate of drug-likeness (QED) is 0.346. The molecule has 3 aromatic rings. The van der Waals surface area contributed by atoms with Gasteiger partial charge in [0.1, 0.15) is 11.9 Å². The number of aliphatic hydroxyl groups is 1. The van der Waals surface area contributed by atoms with E-state index in [0.717, 1.165) is 22.5 Å². The van der Waals surface area contributed by atoms with Gasteiger partial charge in [0, 0.05) is 80.3 Å². The highest BCUT2D eigenvalue weighted by molar-refractivity contribution is 6.08. The summed E-state index contributed by atoms with van der Waals surface area (Å²) in [4.78, 5) is 21.0. The Balaban J connectivity index is 1.56. The van der Waals surface area contributed by atoms with Crippen molar-refractivity contribution in [3.63, 3.8) is 0 Å². The van der Waals surface area contributed by atoms with Gasteiger partial charge in [0.05, 0.1) is 29.9 Å². The van der Waals surface area contributed by atoms with Gasteiger partial charge < -0.3 is 30.9 Å². The topological polar surface area (TPSA) is 146 Å². The molecule has 0 radical (unpaired) electrons. The molecule has 4 heterocycles. The third-order valence-corrected chi connectivity index (χ3v) is 6.51. The summed E-state index contributed by atoms with van der Waals surface area (Å²) in [6.45, 7) is 4.27. The molecular weight excluding hydrogens is 470 g/mol. The predicted octanol–water partition coefficient (Wildman–Crippen LogP) is 2.08. The second-order valence-corrected chi connectivity index (χ2v) is 8.75. The van der Waals surface area contributed by atoms with Gasteiger partial charge >= 0.3 is 6.03 Å². The smallest absolute Gasteiger partial charge is 0.317 e. The zero-order valence-electron chi connectivity index (χ0n) is 21.0. The number of rotatable bonds is 8. The number of hydrogen-bond acceptors (Lipinski definition) is 8. The fraction of sp³-hybridized carbons (Fsp3) is 0.346. The molecule has 0 aromatic carbocycles. The maximum absolute atomic E-state index is 12.5. The number of allylic oxidation sites excluding steroid dienone is 1. The van der Waals surface area contributed by atoms with Crippen LogP contribution < -0.4 is 15.5 Å². The Morgan fingerprint density at radius 3 is 2.68 bits per heavy atom. The zero-order chi connectivity index (χ0) is 26.4. The van der Waals surface area contributed by atoms with E-state index in [2.05, 4.69) is 26.7 Å². The van der Waals surface area contributed by atoms with Crippen molar-refractivity contribution in [2.45, 2.75) is 19.4 Å². The summed E-state index contributed by atoms with van der Waals surface area (Å²) in [6.07, 6.45) is 8.80. The van der Waals surface area contributed by atoms with Crippen LogP contribution in [0.15, 0.2) is 43.0 Å². The number of fused-ring (bicyclic) bond motifs is 1. The van der Waals surface area contributed by atoms with E-state index < -0.39 is 0 Å². The van der Waals surface area contributed by atoms with Crippen molar-refractivity contribution in [3.05, 3.63) is 54.1 Å². The molecule has 1 atom stereocenters. The number of piperazine rings is 1. The molecule has 11 nitrogen and oxygen atoms in total. The van der Waals surface area contributed by atoms with Crippen molar-refractivity contribution in [2.75, 3.05) is 44.7 Å². The van der Waals surface area contributed by atoms with Crippen molar-refractivity contribution < 1.29 is 9.90 Å². The normalized spacial score (nSPS) is 14.8. The Bertz CT molecular complexity index is 1330. The van der Waals surface area contributed by atoms with Gasteiger partial charge in [0.15, 0.2) is 0 Å². The molecule has 3 aromatic heterocycles. The number of anilines is 1. The van der Waals surface area contributed by atoms with E-state index in [0.29, 0.717) is 49.3 Å². The molecule has 1 saturated heterocycles. The maximum Gasteiger partial charge on any atom is 0.317 e. The van der Waals surface area contributed by atoms with Gasteiger partial charge in [-0.25, -0.2) is 14.3 Å². The van der Waals surface area contributed by atoms with Crippen LogP contribution in [0.4, 0.5) is 10.6 Å². The number of hydrogen-bond donors (Lipinski definition) is 4. The lowest BCUT2D eigenvalue weighted by Gasteiger charge is -2.36. The number of carbonyl (C=O) groups is 1. The number of pyridine rings is 2. The Kier molecular flexibility index (Phi) is 8.00. The highest BCUT2D eigenvalue weighted by atomic mass is 16.3. The van der Waals surface area contributed by atoms with Crippen molar-refractivity contribution >= 4 is 29.2 Å². The van der Waals surface area contributed by atoms with Crippen molar-refractivity contribution in [1.82, 2.24) is 30.1 Å². The molecule has 0 bridgehead atoms. The van der Waals surface area contributed by atoms with Gasteiger partial charge in [-0.1, -0.05) is 6.92 Å². The lowest BCUT2D eigenvalue weighted by Crippen LogP contribution is -2.54. The summed E-state index contributed by atoms with van der Waals surface area (Å²) >= 11 is 0. The van der Waals surface area contributed by atoms with E-state index in [1.807, 2.05) is 25.1 Å². The lowest BCUT2D eigenvalue weighted by molar-refractivity contribution is 0.178. The molecule has 37 heavy (non-hydrogen) atoms. The molecule has 0 aliphatic carbocycles. The molecular formula is C26H31N9O2. The zero-order valence-corrected chi connectivity index (χ0v) is 21.0. The van der Waals surface area contributed by atoms with E-state index in [4.69, 9.17) is 10.4 Å². The van der Waals surface area contributed by atoms with E-state index >= 15 is 0 Å². The van der Waals surface area contributed by atoms with Crippen LogP contribution in [0.5, 0.6) is 0 Å². The van der Waals surface area contributed by atoms with Crippen LogP contribution in [0.1, 0.15) is 24.5 Å². The molecule has 4 N–H and O–H groups in total. The summed E-state index contributed by atoms with van der Waals surface area (Å²) in [5, 5.41) is 36.9. The van der Waals surface area contributed by atoms with Crippen LogP contribution in [-0.4, -0.2) is 82.7 Å². The first-order chi connectivity index (χ1) is 18.0. The third kappa shape index (κ3) is 5.39. The Morgan fingerprint density at radius 1 is 1.30 bits per heavy atom. The van der Waals surface area contributed by atoms with Crippen LogP contribution >= 0.6 is 0 Å². The number of aliphatic hydroxyl groups excluding tert-OH is 1. The van der Waals surface area contributed by atoms with E-state index in [1.165, 1.54) is 12.4 Å². The number of carbonyl (C=O) groups excluding carboxylic acids is 1. The average molecular weight is 502 g/mol. The Hall–Kier alpha value is -4.43. The first-order valence-corrected chi connectivity index (χ1v) is 12.2. The molecule has 0 saturated carbocycles. The highest BCUT2D eigenvalue weighted by Crippen LogP contribution is 2.30. The number of amides is 2. The number of nitrogens with zero attached hydrogens (tertiary/aromatic N) is 6. The summed E-state index contributed by atoms with van der Waals surface area (Å²) in [7, 11) is 1.77. The molecule has 11 heteroatoms. The van der Waals surface area contributed by atoms with Crippen LogP contribution in [-0.2, 0) is 0 Å². The van der Waals surface area contributed by atoms with Crippen molar-refractivity contribution in [1.29, 1.82) is 10.7 Å². The molecule has 4 rings (SSSR count). The van der Waals surface area contributed by atoms with Crippen molar-refractivity contribution in [3.8, 4) is 17.2 Å². The second-order valence-electron chi connectivity index (χ2n) is 8.75. The average Bonchev–Trinajstić information content (AvgIpc) is 3.37. The lowest BCUT2D eigenvalue weighted by atomic mass is 10.0. The molecule has 1 unspecified atom stereocenters. The second kappa shape index (κ2) is 11.5. The van der Waals surface area contributed by atoms with E-state index in [1.54, 1.807) is 35.1 Å². The third-order valence-electron chi connectivity index (χ3n) is 6.51. The fourth-order valence-corrected chi connectivity index (χ4v) is 4.36. The Labute approximate surface area is 215 Å². The number of urea groups is 1. The Morgan fingerprint density at radius 2 is 2.08 bits per heavy atom. The maximum atomic E-state index is 12.5. The van der Waals surface area contributed by atoms with E-state index in [-0.39, 0.29) is 18.7 Å².